The highest BCUT2D eigenvalue weighted by molar-refractivity contribution is 7.97. The normalized spacial score (nSPS) is 12.3. The molecule has 0 aliphatic rings. The molecule has 2 heterocycles. The molecule has 2 aromatic heterocycles. The number of hydrogen-bond donors (Lipinski definition) is 0. The second kappa shape index (κ2) is 8.57. The first-order valence-corrected chi connectivity index (χ1v) is 13.0. The maximum Gasteiger partial charge on any atom is 0.243 e. The lowest BCUT2D eigenvalue weighted by molar-refractivity contribution is 0.445. The summed E-state index contributed by atoms with van der Waals surface area (Å²) >= 11 is 1.65. The Kier molecular flexibility index (Phi) is 6.00. The van der Waals surface area contributed by atoms with Gasteiger partial charge in [0.2, 0.25) is 10.0 Å². The molecule has 0 unspecified atom stereocenters. The molecule has 0 N–H and O–H groups in total. The van der Waals surface area contributed by atoms with Crippen LogP contribution in [0.1, 0.15) is 25.2 Å². The van der Waals surface area contributed by atoms with Crippen molar-refractivity contribution in [2.24, 2.45) is 0 Å². The third-order valence-electron chi connectivity index (χ3n) is 5.39. The number of thioether (sulfide) groups is 1. The molecule has 4 aromatic rings. The van der Waals surface area contributed by atoms with Crippen LogP contribution in [0.25, 0.3) is 27.7 Å². The quantitative estimate of drug-likeness (QED) is 0.417. The second-order valence-electron chi connectivity index (χ2n) is 7.25. The molecule has 31 heavy (non-hydrogen) atoms. The van der Waals surface area contributed by atoms with E-state index in [1.54, 1.807) is 22.3 Å². The molecule has 0 aliphatic heterocycles. The van der Waals surface area contributed by atoms with Crippen molar-refractivity contribution in [3.05, 3.63) is 53.9 Å². The Morgan fingerprint density at radius 2 is 1.74 bits per heavy atom. The molecule has 0 amide bonds. The van der Waals surface area contributed by atoms with Crippen molar-refractivity contribution in [2.75, 3.05) is 19.3 Å². The third kappa shape index (κ3) is 3.71. The van der Waals surface area contributed by atoms with Gasteiger partial charge in [0.05, 0.1) is 16.3 Å². The first kappa shape index (κ1) is 21.7. The molecular weight excluding hydrogens is 430 g/mol. The summed E-state index contributed by atoms with van der Waals surface area (Å²) in [6.07, 6.45) is 2.01. The minimum Gasteiger partial charge on any atom is -0.207 e. The van der Waals surface area contributed by atoms with Crippen LogP contribution in [0.15, 0.2) is 47.4 Å². The Hall–Kier alpha value is -2.49. The number of hydrogen-bond acceptors (Lipinski definition) is 6. The number of aromatic nitrogens is 4. The molecule has 4 rings (SSSR count). The van der Waals surface area contributed by atoms with Crippen LogP contribution in [0.2, 0.25) is 0 Å². The van der Waals surface area contributed by atoms with Gasteiger partial charge < -0.3 is 0 Å². The van der Waals surface area contributed by atoms with Crippen molar-refractivity contribution in [1.82, 2.24) is 24.1 Å². The molecule has 9 heteroatoms. The largest absolute Gasteiger partial charge is 0.243 e. The van der Waals surface area contributed by atoms with Gasteiger partial charge in [0, 0.05) is 29.4 Å². The van der Waals surface area contributed by atoms with Gasteiger partial charge in [-0.25, -0.2) is 8.42 Å². The van der Waals surface area contributed by atoms with E-state index in [4.69, 9.17) is 5.10 Å². The molecular formula is C22H25N5O2S2. The van der Waals surface area contributed by atoms with E-state index in [9.17, 15) is 8.42 Å². The highest BCUT2D eigenvalue weighted by Gasteiger charge is 2.25. The monoisotopic (exact) mass is 455 g/mol. The summed E-state index contributed by atoms with van der Waals surface area (Å²) in [5.74, 6) is 1.44. The standard InChI is InChI=1S/C22H25N5O2S2/c1-5-26(6-2)31(28,29)19-13-16(12-11-15(19)3)21-17-9-7-8-10-18(17)22-24-23-20(14-30-4)27(22)25-21/h7-13H,5-6,14H2,1-4H3. The predicted molar refractivity (Wildman–Crippen MR) is 126 cm³/mol. The van der Waals surface area contributed by atoms with Crippen LogP contribution in [0, 0.1) is 6.92 Å². The number of sulfonamides is 1. The van der Waals surface area contributed by atoms with Crippen LogP contribution >= 0.6 is 11.8 Å². The second-order valence-corrected chi connectivity index (χ2v) is 10.0. The number of rotatable bonds is 7. The van der Waals surface area contributed by atoms with Gasteiger partial charge in [0.15, 0.2) is 11.5 Å². The highest BCUT2D eigenvalue weighted by Crippen LogP contribution is 2.32. The number of aryl methyl sites for hydroxylation is 1. The van der Waals surface area contributed by atoms with Crippen LogP contribution in [-0.4, -0.2) is 51.9 Å². The molecule has 0 radical (unpaired) electrons. The van der Waals surface area contributed by atoms with E-state index in [2.05, 4.69) is 10.2 Å². The number of nitrogens with zero attached hydrogens (tertiary/aromatic N) is 5. The first-order chi connectivity index (χ1) is 14.9. The molecule has 0 fully saturated rings. The van der Waals surface area contributed by atoms with Gasteiger partial charge in [0.1, 0.15) is 0 Å². The molecule has 2 aromatic carbocycles. The van der Waals surface area contributed by atoms with E-state index in [0.717, 1.165) is 22.2 Å². The van der Waals surface area contributed by atoms with Crippen molar-refractivity contribution < 1.29 is 8.42 Å². The molecule has 162 valence electrons. The van der Waals surface area contributed by atoms with Gasteiger partial charge in [-0.3, -0.25) is 0 Å². The molecule has 0 bridgehead atoms. The topological polar surface area (TPSA) is 80.5 Å². The molecule has 0 aliphatic carbocycles. The fourth-order valence-corrected chi connectivity index (χ4v) is 5.93. The Bertz CT molecular complexity index is 1360. The van der Waals surface area contributed by atoms with Gasteiger partial charge in [-0.1, -0.05) is 50.2 Å². The molecule has 0 atom stereocenters. The minimum atomic E-state index is -3.59. The number of benzene rings is 2. The van der Waals surface area contributed by atoms with E-state index in [1.807, 2.05) is 63.4 Å². The predicted octanol–water partition coefficient (Wildman–Crippen LogP) is 4.15. The van der Waals surface area contributed by atoms with Gasteiger partial charge in [0.25, 0.3) is 0 Å². The van der Waals surface area contributed by atoms with E-state index in [1.165, 1.54) is 4.31 Å². The highest BCUT2D eigenvalue weighted by atomic mass is 32.2. The lowest BCUT2D eigenvalue weighted by atomic mass is 10.0. The maximum absolute atomic E-state index is 13.3. The van der Waals surface area contributed by atoms with Crippen LogP contribution in [0.5, 0.6) is 0 Å². The van der Waals surface area contributed by atoms with E-state index in [-0.39, 0.29) is 0 Å². The van der Waals surface area contributed by atoms with Gasteiger partial charge in [-0.15, -0.1) is 10.2 Å². The Morgan fingerprint density at radius 3 is 2.42 bits per heavy atom. The Labute approximate surface area is 186 Å². The van der Waals surface area contributed by atoms with Crippen molar-refractivity contribution in [3.8, 4) is 11.3 Å². The van der Waals surface area contributed by atoms with Crippen molar-refractivity contribution in [2.45, 2.75) is 31.4 Å². The van der Waals surface area contributed by atoms with Crippen molar-refractivity contribution in [1.29, 1.82) is 0 Å². The molecule has 0 saturated carbocycles. The van der Waals surface area contributed by atoms with E-state index >= 15 is 0 Å². The van der Waals surface area contributed by atoms with Crippen molar-refractivity contribution in [3.63, 3.8) is 0 Å². The summed E-state index contributed by atoms with van der Waals surface area (Å²) in [6.45, 7) is 6.37. The zero-order chi connectivity index (χ0) is 22.2. The van der Waals surface area contributed by atoms with Crippen LogP contribution in [0.3, 0.4) is 0 Å². The summed E-state index contributed by atoms with van der Waals surface area (Å²) in [4.78, 5) is 0.313. The third-order valence-corrected chi connectivity index (χ3v) is 8.13. The Balaban J connectivity index is 2.00. The van der Waals surface area contributed by atoms with Gasteiger partial charge in [-0.2, -0.15) is 25.7 Å². The molecule has 0 spiro atoms. The smallest absolute Gasteiger partial charge is 0.207 e. The van der Waals surface area contributed by atoms with E-state index in [0.29, 0.717) is 40.6 Å². The SMILES string of the molecule is CCN(CC)S(=O)(=O)c1cc(-c2nn3c(CSC)nnc3c3ccccc23)ccc1C. The fraction of sp³-hybridized carbons (Fsp3) is 0.318. The van der Waals surface area contributed by atoms with E-state index < -0.39 is 10.0 Å². The number of fused-ring (bicyclic) bond motifs is 3. The van der Waals surface area contributed by atoms with Crippen LogP contribution in [0.4, 0.5) is 0 Å². The summed E-state index contributed by atoms with van der Waals surface area (Å²) in [6, 6.07) is 13.4. The first-order valence-electron chi connectivity index (χ1n) is 10.2. The Morgan fingerprint density at radius 1 is 1.03 bits per heavy atom. The average Bonchev–Trinajstić information content (AvgIpc) is 3.17. The minimum absolute atomic E-state index is 0.313. The van der Waals surface area contributed by atoms with Crippen LogP contribution < -0.4 is 0 Å². The summed E-state index contributed by atoms with van der Waals surface area (Å²) in [5.41, 5.74) is 2.87. The molecule has 7 nitrogen and oxygen atoms in total. The van der Waals surface area contributed by atoms with Gasteiger partial charge >= 0.3 is 0 Å². The van der Waals surface area contributed by atoms with Crippen LogP contribution in [-0.2, 0) is 15.8 Å². The maximum atomic E-state index is 13.3. The summed E-state index contributed by atoms with van der Waals surface area (Å²) in [5, 5.41) is 15.4. The zero-order valence-electron chi connectivity index (χ0n) is 18.0. The lowest BCUT2D eigenvalue weighted by Gasteiger charge is -2.20. The summed E-state index contributed by atoms with van der Waals surface area (Å²) < 4.78 is 29.7. The fourth-order valence-electron chi connectivity index (χ4n) is 3.78. The zero-order valence-corrected chi connectivity index (χ0v) is 19.7. The molecule has 0 saturated heterocycles. The summed E-state index contributed by atoms with van der Waals surface area (Å²) in [7, 11) is -3.59. The van der Waals surface area contributed by atoms with Crippen molar-refractivity contribution >= 4 is 38.2 Å². The lowest BCUT2D eigenvalue weighted by Crippen LogP contribution is -2.31. The van der Waals surface area contributed by atoms with Gasteiger partial charge in [-0.05, 0) is 24.8 Å². The average molecular weight is 456 g/mol.